The molecule has 1 fully saturated rings. The molecule has 1 aliphatic rings. The van der Waals surface area contributed by atoms with Gasteiger partial charge in [-0.05, 0) is 61.0 Å². The number of hydrogen-bond donors (Lipinski definition) is 2. The lowest BCUT2D eigenvalue weighted by atomic mass is 10.2. The van der Waals surface area contributed by atoms with E-state index in [0.29, 0.717) is 0 Å². The molecule has 0 atom stereocenters. The normalized spacial score (nSPS) is 13.8. The van der Waals surface area contributed by atoms with Crippen molar-refractivity contribution in [2.75, 3.05) is 23.3 Å². The molecule has 0 unspecified atom stereocenters. The van der Waals surface area contributed by atoms with E-state index in [1.54, 1.807) is 6.08 Å². The number of hydrogen-bond acceptors (Lipinski definition) is 3. The molecule has 0 spiro atoms. The molecule has 0 aliphatic carbocycles. The molecule has 1 heterocycles. The highest BCUT2D eigenvalue weighted by Gasteiger charge is 2.11. The summed E-state index contributed by atoms with van der Waals surface area (Å²) in [5, 5.41) is 5.98. The molecule has 0 bridgehead atoms. The second kappa shape index (κ2) is 8.44. The first-order valence-electron chi connectivity index (χ1n) is 8.41. The summed E-state index contributed by atoms with van der Waals surface area (Å²) in [4.78, 5) is 14.3. The number of carbonyl (C=O) groups is 1. The van der Waals surface area contributed by atoms with Crippen LogP contribution in [0.3, 0.4) is 0 Å². The largest absolute Gasteiger partial charge is 0.372 e. The third-order valence-corrected chi connectivity index (χ3v) is 4.26. The van der Waals surface area contributed by atoms with Crippen molar-refractivity contribution in [1.29, 1.82) is 0 Å². The van der Waals surface area contributed by atoms with Gasteiger partial charge in [0.1, 0.15) is 0 Å². The fourth-order valence-corrected chi connectivity index (χ4v) is 3.00. The van der Waals surface area contributed by atoms with Gasteiger partial charge in [0.05, 0.1) is 0 Å². The van der Waals surface area contributed by atoms with Crippen LogP contribution in [0, 0.1) is 0 Å². The summed E-state index contributed by atoms with van der Waals surface area (Å²) in [7, 11) is 0. The van der Waals surface area contributed by atoms with Crippen molar-refractivity contribution in [2.24, 2.45) is 0 Å². The van der Waals surface area contributed by atoms with Gasteiger partial charge in [-0.15, -0.1) is 0 Å². The van der Waals surface area contributed by atoms with Crippen molar-refractivity contribution in [1.82, 2.24) is 5.32 Å². The first kappa shape index (κ1) is 17.2. The van der Waals surface area contributed by atoms with Crippen LogP contribution < -0.4 is 15.5 Å². The number of nitrogens with zero attached hydrogens (tertiary/aromatic N) is 1. The van der Waals surface area contributed by atoms with Crippen LogP contribution in [0.1, 0.15) is 18.4 Å². The van der Waals surface area contributed by atoms with E-state index in [1.807, 2.05) is 42.5 Å². The van der Waals surface area contributed by atoms with E-state index in [2.05, 4.69) is 27.7 Å². The van der Waals surface area contributed by atoms with Crippen LogP contribution in [0.25, 0.3) is 6.08 Å². The molecule has 2 N–H and O–H groups in total. The van der Waals surface area contributed by atoms with E-state index in [4.69, 9.17) is 12.2 Å². The number of anilines is 2. The first-order chi connectivity index (χ1) is 12.2. The van der Waals surface area contributed by atoms with Gasteiger partial charge in [-0.3, -0.25) is 10.1 Å². The molecule has 2 aromatic carbocycles. The summed E-state index contributed by atoms with van der Waals surface area (Å²) in [5.74, 6) is -0.255. The maximum Gasteiger partial charge on any atom is 0.250 e. The molecule has 2 aromatic rings. The Bertz CT molecular complexity index is 750. The maximum absolute atomic E-state index is 11.9. The molecule has 1 amide bonds. The molecule has 1 aliphatic heterocycles. The van der Waals surface area contributed by atoms with Crippen molar-refractivity contribution >= 4 is 40.7 Å². The highest BCUT2D eigenvalue weighted by Crippen LogP contribution is 2.21. The Hall–Kier alpha value is -2.66. The van der Waals surface area contributed by atoms with Gasteiger partial charge in [0.2, 0.25) is 5.91 Å². The minimum atomic E-state index is -0.255. The van der Waals surface area contributed by atoms with Crippen molar-refractivity contribution in [2.45, 2.75) is 12.8 Å². The SMILES string of the molecule is O=C(/C=C/c1ccccc1)NC(=S)Nc1ccc(N2CCCC2)cc1. The van der Waals surface area contributed by atoms with Crippen LogP contribution in [-0.4, -0.2) is 24.1 Å². The summed E-state index contributed by atoms with van der Waals surface area (Å²) in [6.07, 6.45) is 5.74. The molecule has 1 saturated heterocycles. The van der Waals surface area contributed by atoms with E-state index in [-0.39, 0.29) is 11.0 Å². The maximum atomic E-state index is 11.9. The van der Waals surface area contributed by atoms with Crippen LogP contribution in [0.2, 0.25) is 0 Å². The minimum absolute atomic E-state index is 0.255. The lowest BCUT2D eigenvalue weighted by molar-refractivity contribution is -0.115. The number of nitrogens with one attached hydrogen (secondary N) is 2. The average Bonchev–Trinajstić information content (AvgIpc) is 3.16. The summed E-state index contributed by atoms with van der Waals surface area (Å²) < 4.78 is 0. The lowest BCUT2D eigenvalue weighted by Crippen LogP contribution is -2.32. The predicted molar refractivity (Wildman–Crippen MR) is 108 cm³/mol. The zero-order valence-electron chi connectivity index (χ0n) is 13.9. The summed E-state index contributed by atoms with van der Waals surface area (Å²) in [6.45, 7) is 2.24. The quantitative estimate of drug-likeness (QED) is 0.649. The Morgan fingerprint density at radius 1 is 1.00 bits per heavy atom. The van der Waals surface area contributed by atoms with Crippen molar-refractivity contribution in [3.63, 3.8) is 0 Å². The second-order valence-electron chi connectivity index (χ2n) is 5.93. The van der Waals surface area contributed by atoms with E-state index < -0.39 is 0 Å². The Morgan fingerprint density at radius 3 is 2.36 bits per heavy atom. The van der Waals surface area contributed by atoms with Crippen LogP contribution in [0.5, 0.6) is 0 Å². The van der Waals surface area contributed by atoms with Crippen molar-refractivity contribution in [3.8, 4) is 0 Å². The monoisotopic (exact) mass is 351 g/mol. The molecular formula is C20H21N3OS. The number of amides is 1. The number of benzene rings is 2. The Balaban J connectivity index is 1.50. The zero-order chi connectivity index (χ0) is 17.5. The van der Waals surface area contributed by atoms with Crippen LogP contribution in [0.15, 0.2) is 60.7 Å². The second-order valence-corrected chi connectivity index (χ2v) is 6.34. The molecule has 25 heavy (non-hydrogen) atoms. The minimum Gasteiger partial charge on any atom is -0.372 e. The van der Waals surface area contributed by atoms with Gasteiger partial charge in [-0.25, -0.2) is 0 Å². The Kier molecular flexibility index (Phi) is 5.80. The van der Waals surface area contributed by atoms with Gasteiger partial charge in [0.15, 0.2) is 5.11 Å². The van der Waals surface area contributed by atoms with E-state index in [1.165, 1.54) is 24.6 Å². The average molecular weight is 351 g/mol. The van der Waals surface area contributed by atoms with Crippen LogP contribution in [0.4, 0.5) is 11.4 Å². The highest BCUT2D eigenvalue weighted by atomic mass is 32.1. The molecular weight excluding hydrogens is 330 g/mol. The van der Waals surface area contributed by atoms with E-state index in [0.717, 1.165) is 24.3 Å². The Labute approximate surface area is 153 Å². The lowest BCUT2D eigenvalue weighted by Gasteiger charge is -2.18. The first-order valence-corrected chi connectivity index (χ1v) is 8.82. The highest BCUT2D eigenvalue weighted by molar-refractivity contribution is 7.80. The summed E-state index contributed by atoms with van der Waals surface area (Å²) in [5.41, 5.74) is 3.05. The van der Waals surface area contributed by atoms with Gasteiger partial charge in [0, 0.05) is 30.5 Å². The van der Waals surface area contributed by atoms with Crippen molar-refractivity contribution < 1.29 is 4.79 Å². The van der Waals surface area contributed by atoms with Crippen molar-refractivity contribution in [3.05, 3.63) is 66.2 Å². The van der Waals surface area contributed by atoms with Gasteiger partial charge >= 0.3 is 0 Å². The topological polar surface area (TPSA) is 44.4 Å². The van der Waals surface area contributed by atoms with Gasteiger partial charge in [0.25, 0.3) is 0 Å². The zero-order valence-corrected chi connectivity index (χ0v) is 14.8. The smallest absolute Gasteiger partial charge is 0.250 e. The Morgan fingerprint density at radius 2 is 1.68 bits per heavy atom. The summed E-state index contributed by atoms with van der Waals surface area (Å²) in [6, 6.07) is 17.8. The summed E-state index contributed by atoms with van der Waals surface area (Å²) >= 11 is 5.20. The third-order valence-electron chi connectivity index (χ3n) is 4.06. The molecule has 4 nitrogen and oxygen atoms in total. The fourth-order valence-electron chi connectivity index (χ4n) is 2.78. The number of carbonyl (C=O) groups excluding carboxylic acids is 1. The van der Waals surface area contributed by atoms with Gasteiger partial charge in [-0.1, -0.05) is 30.3 Å². The molecule has 5 heteroatoms. The number of thiocarbonyl (C=S) groups is 1. The fraction of sp³-hybridized carbons (Fsp3) is 0.200. The van der Waals surface area contributed by atoms with E-state index >= 15 is 0 Å². The molecule has 0 saturated carbocycles. The molecule has 0 radical (unpaired) electrons. The molecule has 0 aromatic heterocycles. The third kappa shape index (κ3) is 5.16. The molecule has 3 rings (SSSR count). The standard InChI is InChI=1S/C20H21N3OS/c24-19(13-8-16-6-2-1-3-7-16)22-20(25)21-17-9-11-18(12-10-17)23-14-4-5-15-23/h1-3,6-13H,4-5,14-15H2,(H2,21,22,24,25)/b13-8+. The van der Waals surface area contributed by atoms with Gasteiger partial charge in [-0.2, -0.15) is 0 Å². The van der Waals surface area contributed by atoms with Gasteiger partial charge < -0.3 is 10.2 Å². The predicted octanol–water partition coefficient (Wildman–Crippen LogP) is 3.81. The van der Waals surface area contributed by atoms with Crippen LogP contribution >= 0.6 is 12.2 Å². The van der Waals surface area contributed by atoms with E-state index in [9.17, 15) is 4.79 Å². The molecule has 128 valence electrons. The van der Waals surface area contributed by atoms with Crippen LogP contribution in [-0.2, 0) is 4.79 Å². The number of rotatable bonds is 4.